The van der Waals surface area contributed by atoms with Crippen molar-refractivity contribution in [2.24, 2.45) is 0 Å². The fraction of sp³-hybridized carbons (Fsp3) is 0. The van der Waals surface area contributed by atoms with Crippen molar-refractivity contribution in [1.82, 2.24) is 9.97 Å². The first-order chi connectivity index (χ1) is 18.8. The molecule has 0 fully saturated rings. The monoisotopic (exact) mass is 482 g/mol. The molecule has 0 amide bonds. The molecule has 0 N–H and O–H groups in total. The first-order valence-corrected chi connectivity index (χ1v) is 12.9. The Morgan fingerprint density at radius 3 is 1.26 bits per heavy atom. The van der Waals surface area contributed by atoms with Crippen LogP contribution in [-0.2, 0) is 0 Å². The van der Waals surface area contributed by atoms with Crippen molar-refractivity contribution in [3.05, 3.63) is 134 Å². The lowest BCUT2D eigenvalue weighted by molar-refractivity contribution is 1.41. The van der Waals surface area contributed by atoms with E-state index in [-0.39, 0.29) is 0 Å². The van der Waals surface area contributed by atoms with Crippen molar-refractivity contribution >= 4 is 54.1 Å². The van der Waals surface area contributed by atoms with Crippen LogP contribution in [-0.4, -0.2) is 9.97 Å². The van der Waals surface area contributed by atoms with Gasteiger partial charge in [-0.15, -0.1) is 0 Å². The van der Waals surface area contributed by atoms with Crippen molar-refractivity contribution in [1.29, 1.82) is 0 Å². The molecule has 2 heteroatoms. The fourth-order valence-electron chi connectivity index (χ4n) is 5.86. The van der Waals surface area contributed by atoms with Gasteiger partial charge in [-0.05, 0) is 80.2 Å². The first kappa shape index (κ1) is 21.0. The molecule has 0 saturated heterocycles. The quantitative estimate of drug-likeness (QED) is 0.229. The SMILES string of the molecule is c1ccc2cc(-c3cc4c(cc(-c5ccc6ccccc6c5)c5cccnc54)c4ncccc34)ccc2c1. The number of rotatable bonds is 2. The number of aromatic nitrogens is 2. The zero-order chi connectivity index (χ0) is 25.1. The van der Waals surface area contributed by atoms with E-state index in [4.69, 9.17) is 9.97 Å². The van der Waals surface area contributed by atoms with Gasteiger partial charge in [-0.25, -0.2) is 0 Å². The van der Waals surface area contributed by atoms with Crippen LogP contribution in [0.3, 0.4) is 0 Å². The predicted molar refractivity (Wildman–Crippen MR) is 160 cm³/mol. The largest absolute Gasteiger partial charge is 0.256 e. The number of pyridine rings is 2. The summed E-state index contributed by atoms with van der Waals surface area (Å²) < 4.78 is 0. The molecule has 0 radical (unpaired) electrons. The molecule has 0 atom stereocenters. The third-order valence-corrected chi connectivity index (χ3v) is 7.69. The van der Waals surface area contributed by atoms with Crippen molar-refractivity contribution in [3.63, 3.8) is 0 Å². The number of hydrogen-bond acceptors (Lipinski definition) is 2. The maximum atomic E-state index is 4.92. The number of nitrogens with zero attached hydrogens (tertiary/aromatic N) is 2. The normalized spacial score (nSPS) is 11.7. The molecule has 0 spiro atoms. The van der Waals surface area contributed by atoms with E-state index in [1.165, 1.54) is 43.8 Å². The van der Waals surface area contributed by atoms with Crippen LogP contribution < -0.4 is 0 Å². The Morgan fingerprint density at radius 2 is 0.789 bits per heavy atom. The van der Waals surface area contributed by atoms with Gasteiger partial charge in [0.25, 0.3) is 0 Å². The summed E-state index contributed by atoms with van der Waals surface area (Å²) in [6, 6.07) is 43.5. The Morgan fingerprint density at radius 1 is 0.342 bits per heavy atom. The van der Waals surface area contributed by atoms with E-state index >= 15 is 0 Å². The van der Waals surface area contributed by atoms with Gasteiger partial charge < -0.3 is 0 Å². The van der Waals surface area contributed by atoms with Crippen molar-refractivity contribution in [2.45, 2.75) is 0 Å². The van der Waals surface area contributed by atoms with Gasteiger partial charge in [-0.2, -0.15) is 0 Å². The van der Waals surface area contributed by atoms with Gasteiger partial charge in [0.05, 0.1) is 11.0 Å². The molecule has 2 heterocycles. The highest BCUT2D eigenvalue weighted by molar-refractivity contribution is 6.22. The van der Waals surface area contributed by atoms with Crippen LogP contribution in [0.5, 0.6) is 0 Å². The molecule has 2 nitrogen and oxygen atoms in total. The van der Waals surface area contributed by atoms with Gasteiger partial charge in [-0.3, -0.25) is 9.97 Å². The predicted octanol–water partition coefficient (Wildman–Crippen LogP) is 9.58. The molecular weight excluding hydrogens is 460 g/mol. The number of fused-ring (bicyclic) bond motifs is 7. The summed E-state index contributed by atoms with van der Waals surface area (Å²) in [5.41, 5.74) is 6.73. The average Bonchev–Trinajstić information content (AvgIpc) is 2.99. The minimum atomic E-state index is 1.00. The minimum Gasteiger partial charge on any atom is -0.256 e. The third-order valence-electron chi connectivity index (χ3n) is 7.69. The number of hydrogen-bond donors (Lipinski definition) is 0. The van der Waals surface area contributed by atoms with Crippen LogP contribution in [0.25, 0.3) is 76.4 Å². The lowest BCUT2D eigenvalue weighted by atomic mass is 9.90. The average molecular weight is 483 g/mol. The summed E-state index contributed by atoms with van der Waals surface area (Å²) in [6.45, 7) is 0. The van der Waals surface area contributed by atoms with E-state index < -0.39 is 0 Å². The Bertz CT molecular complexity index is 2040. The summed E-state index contributed by atoms with van der Waals surface area (Å²) >= 11 is 0. The van der Waals surface area contributed by atoms with Gasteiger partial charge >= 0.3 is 0 Å². The second-order valence-corrected chi connectivity index (χ2v) is 9.87. The molecule has 0 aliphatic heterocycles. The number of benzene rings is 6. The van der Waals surface area contributed by atoms with Crippen LogP contribution in [0.2, 0.25) is 0 Å². The highest BCUT2D eigenvalue weighted by Gasteiger charge is 2.16. The Balaban J connectivity index is 1.47. The topological polar surface area (TPSA) is 25.8 Å². The van der Waals surface area contributed by atoms with Crippen LogP contribution in [0, 0.1) is 0 Å². The maximum absolute atomic E-state index is 4.92. The summed E-state index contributed by atoms with van der Waals surface area (Å²) in [6.07, 6.45) is 3.79. The van der Waals surface area contributed by atoms with Crippen LogP contribution in [0.1, 0.15) is 0 Å². The summed E-state index contributed by atoms with van der Waals surface area (Å²) in [7, 11) is 0. The van der Waals surface area contributed by atoms with E-state index in [1.54, 1.807) is 0 Å². The highest BCUT2D eigenvalue weighted by atomic mass is 14.7. The molecule has 8 aromatic rings. The molecule has 0 bridgehead atoms. The molecule has 38 heavy (non-hydrogen) atoms. The lowest BCUT2D eigenvalue weighted by Gasteiger charge is -2.15. The minimum absolute atomic E-state index is 1.00. The van der Waals surface area contributed by atoms with Crippen LogP contribution >= 0.6 is 0 Å². The Labute approximate surface area is 219 Å². The highest BCUT2D eigenvalue weighted by Crippen LogP contribution is 2.41. The molecule has 8 rings (SSSR count). The second-order valence-electron chi connectivity index (χ2n) is 9.87. The molecule has 0 saturated carbocycles. The summed E-state index contributed by atoms with van der Waals surface area (Å²) in [5, 5.41) is 9.50. The summed E-state index contributed by atoms with van der Waals surface area (Å²) in [4.78, 5) is 9.84. The molecule has 2 aromatic heterocycles. The second kappa shape index (κ2) is 8.22. The van der Waals surface area contributed by atoms with Crippen LogP contribution in [0.4, 0.5) is 0 Å². The molecule has 0 aliphatic carbocycles. The van der Waals surface area contributed by atoms with Gasteiger partial charge in [0.15, 0.2) is 0 Å². The van der Waals surface area contributed by atoms with Crippen LogP contribution in [0.15, 0.2) is 134 Å². The maximum Gasteiger partial charge on any atom is 0.0787 e. The van der Waals surface area contributed by atoms with Crippen molar-refractivity contribution in [3.8, 4) is 22.3 Å². The molecule has 176 valence electrons. The van der Waals surface area contributed by atoms with E-state index in [1.807, 2.05) is 24.5 Å². The Kier molecular flexibility index (Phi) is 4.55. The molecule has 0 unspecified atom stereocenters. The summed E-state index contributed by atoms with van der Waals surface area (Å²) in [5.74, 6) is 0. The van der Waals surface area contributed by atoms with Gasteiger partial charge in [-0.1, -0.05) is 84.9 Å². The Hall–Kier alpha value is -5.08. The molecule has 6 aromatic carbocycles. The van der Waals surface area contributed by atoms with E-state index in [9.17, 15) is 0 Å². The third kappa shape index (κ3) is 3.21. The smallest absolute Gasteiger partial charge is 0.0787 e. The lowest BCUT2D eigenvalue weighted by Crippen LogP contribution is -1.92. The standard InChI is InChI=1S/C36H22N2/c1-3-9-25-19-27(15-13-23(25)7-1)31-21-33-34(35-29(31)11-5-17-37-35)22-32(30-12-6-18-38-36(30)33)28-16-14-24-8-2-4-10-26(24)20-28/h1-22H. The van der Waals surface area contributed by atoms with E-state index in [2.05, 4.69) is 109 Å². The van der Waals surface area contributed by atoms with E-state index in [0.29, 0.717) is 0 Å². The van der Waals surface area contributed by atoms with Crippen molar-refractivity contribution in [2.75, 3.05) is 0 Å². The van der Waals surface area contributed by atoms with Gasteiger partial charge in [0, 0.05) is 33.9 Å². The van der Waals surface area contributed by atoms with Gasteiger partial charge in [0.2, 0.25) is 0 Å². The molecule has 0 aliphatic rings. The molecular formula is C36H22N2. The fourth-order valence-corrected chi connectivity index (χ4v) is 5.86. The zero-order valence-electron chi connectivity index (χ0n) is 20.6. The first-order valence-electron chi connectivity index (χ1n) is 12.9. The van der Waals surface area contributed by atoms with E-state index in [0.717, 1.165) is 32.6 Å². The zero-order valence-corrected chi connectivity index (χ0v) is 20.6. The van der Waals surface area contributed by atoms with Gasteiger partial charge in [0.1, 0.15) is 0 Å². The van der Waals surface area contributed by atoms with Crippen molar-refractivity contribution < 1.29 is 0 Å².